The maximum atomic E-state index is 6.36. The molecule has 0 fully saturated rings. The lowest BCUT2D eigenvalue weighted by molar-refractivity contribution is 1.50. The Labute approximate surface area is 113 Å². The molecule has 3 rings (SSSR count). The van der Waals surface area contributed by atoms with Gasteiger partial charge in [0.25, 0.3) is 0 Å². The molecule has 0 atom stereocenters. The van der Waals surface area contributed by atoms with E-state index in [1.54, 1.807) is 12.1 Å². The standard InChI is InChI=1S/C13H6Cl3N/c14-7-1-3-11-9(5-7)13(16)10-6-8(15)2-4-12(10)17-11/h1-6H. The Hall–Kier alpha value is -1.02. The molecule has 0 aliphatic rings. The predicted molar refractivity (Wildman–Crippen MR) is 74.3 cm³/mol. The fourth-order valence-corrected chi connectivity index (χ4v) is 2.48. The Kier molecular flexibility index (Phi) is 2.62. The van der Waals surface area contributed by atoms with Crippen molar-refractivity contribution in [2.24, 2.45) is 0 Å². The van der Waals surface area contributed by atoms with Crippen molar-refractivity contribution in [3.63, 3.8) is 0 Å². The Bertz CT molecular complexity index is 677. The first-order valence-electron chi connectivity index (χ1n) is 4.99. The second kappa shape index (κ2) is 4.02. The van der Waals surface area contributed by atoms with Crippen molar-refractivity contribution in [3.8, 4) is 0 Å². The number of pyridine rings is 1. The number of hydrogen-bond acceptors (Lipinski definition) is 1. The molecule has 1 heterocycles. The molecular weight excluding hydrogens is 277 g/mol. The van der Waals surface area contributed by atoms with Gasteiger partial charge in [0.1, 0.15) is 0 Å². The molecule has 4 heteroatoms. The fourth-order valence-electron chi connectivity index (χ4n) is 1.84. The van der Waals surface area contributed by atoms with Crippen LogP contribution in [0.5, 0.6) is 0 Å². The van der Waals surface area contributed by atoms with Crippen LogP contribution in [0.4, 0.5) is 0 Å². The summed E-state index contributed by atoms with van der Waals surface area (Å²) in [7, 11) is 0. The van der Waals surface area contributed by atoms with E-state index in [-0.39, 0.29) is 0 Å². The topological polar surface area (TPSA) is 12.9 Å². The molecule has 0 amide bonds. The van der Waals surface area contributed by atoms with Gasteiger partial charge in [-0.05, 0) is 36.4 Å². The molecule has 84 valence electrons. The van der Waals surface area contributed by atoms with Crippen molar-refractivity contribution in [1.82, 2.24) is 4.98 Å². The smallest absolute Gasteiger partial charge is 0.0725 e. The minimum atomic E-state index is 0.634. The van der Waals surface area contributed by atoms with Crippen LogP contribution in [0.1, 0.15) is 0 Å². The summed E-state index contributed by atoms with van der Waals surface area (Å²) in [6.45, 7) is 0. The van der Waals surface area contributed by atoms with Crippen LogP contribution in [0.3, 0.4) is 0 Å². The van der Waals surface area contributed by atoms with Gasteiger partial charge in [-0.3, -0.25) is 0 Å². The Balaban J connectivity index is 2.53. The average Bonchev–Trinajstić information content (AvgIpc) is 2.32. The van der Waals surface area contributed by atoms with E-state index in [1.165, 1.54) is 0 Å². The highest BCUT2D eigenvalue weighted by Crippen LogP contribution is 2.33. The van der Waals surface area contributed by atoms with E-state index in [0.29, 0.717) is 15.1 Å². The van der Waals surface area contributed by atoms with Crippen molar-refractivity contribution in [3.05, 3.63) is 51.5 Å². The number of benzene rings is 2. The van der Waals surface area contributed by atoms with E-state index >= 15 is 0 Å². The third-order valence-electron chi connectivity index (χ3n) is 2.63. The van der Waals surface area contributed by atoms with Gasteiger partial charge in [0, 0.05) is 20.8 Å². The highest BCUT2D eigenvalue weighted by Gasteiger charge is 2.08. The summed E-state index contributed by atoms with van der Waals surface area (Å²) in [6.07, 6.45) is 0. The number of hydrogen-bond donors (Lipinski definition) is 0. The molecule has 0 aliphatic carbocycles. The summed E-state index contributed by atoms with van der Waals surface area (Å²) in [6, 6.07) is 10.9. The molecule has 3 aromatic rings. The van der Waals surface area contributed by atoms with Crippen LogP contribution in [0, 0.1) is 0 Å². The van der Waals surface area contributed by atoms with Crippen LogP contribution in [0.25, 0.3) is 21.8 Å². The first kappa shape index (κ1) is 11.1. The quantitative estimate of drug-likeness (QED) is 0.507. The highest BCUT2D eigenvalue weighted by molar-refractivity contribution is 6.41. The second-order valence-corrected chi connectivity index (χ2v) is 5.00. The van der Waals surface area contributed by atoms with Crippen LogP contribution in [0.15, 0.2) is 36.4 Å². The van der Waals surface area contributed by atoms with E-state index in [9.17, 15) is 0 Å². The predicted octanol–water partition coefficient (Wildman–Crippen LogP) is 5.35. The van der Waals surface area contributed by atoms with Gasteiger partial charge >= 0.3 is 0 Å². The van der Waals surface area contributed by atoms with E-state index in [0.717, 1.165) is 21.8 Å². The lowest BCUT2D eigenvalue weighted by atomic mass is 10.1. The van der Waals surface area contributed by atoms with Gasteiger partial charge in [-0.2, -0.15) is 0 Å². The minimum Gasteiger partial charge on any atom is -0.248 e. The van der Waals surface area contributed by atoms with Crippen LogP contribution in [0.2, 0.25) is 15.1 Å². The Morgan fingerprint density at radius 1 is 0.706 bits per heavy atom. The first-order valence-corrected chi connectivity index (χ1v) is 6.12. The zero-order valence-corrected chi connectivity index (χ0v) is 10.8. The molecule has 0 unspecified atom stereocenters. The van der Waals surface area contributed by atoms with E-state index in [1.807, 2.05) is 24.3 Å². The van der Waals surface area contributed by atoms with E-state index in [4.69, 9.17) is 34.8 Å². The third kappa shape index (κ3) is 1.85. The zero-order chi connectivity index (χ0) is 12.0. The number of halogens is 3. The first-order chi connectivity index (χ1) is 8.15. The lowest BCUT2D eigenvalue weighted by Crippen LogP contribution is -1.84. The maximum Gasteiger partial charge on any atom is 0.0725 e. The number of nitrogens with zero attached hydrogens (tertiary/aromatic N) is 1. The minimum absolute atomic E-state index is 0.634. The fraction of sp³-hybridized carbons (Fsp3) is 0. The number of fused-ring (bicyclic) bond motifs is 2. The zero-order valence-electron chi connectivity index (χ0n) is 8.55. The largest absolute Gasteiger partial charge is 0.248 e. The summed E-state index contributed by atoms with van der Waals surface area (Å²) in [5.41, 5.74) is 1.66. The molecule has 0 bridgehead atoms. The Morgan fingerprint density at radius 2 is 1.18 bits per heavy atom. The summed E-state index contributed by atoms with van der Waals surface area (Å²) >= 11 is 18.3. The lowest BCUT2D eigenvalue weighted by Gasteiger charge is -2.06. The van der Waals surface area contributed by atoms with Crippen molar-refractivity contribution in [2.75, 3.05) is 0 Å². The van der Waals surface area contributed by atoms with Crippen LogP contribution in [-0.4, -0.2) is 4.98 Å². The maximum absolute atomic E-state index is 6.36. The summed E-state index contributed by atoms with van der Waals surface area (Å²) in [4.78, 5) is 4.52. The molecular formula is C13H6Cl3N. The van der Waals surface area contributed by atoms with Gasteiger partial charge < -0.3 is 0 Å². The van der Waals surface area contributed by atoms with Gasteiger partial charge in [0.2, 0.25) is 0 Å². The molecule has 0 spiro atoms. The monoisotopic (exact) mass is 281 g/mol. The molecule has 0 saturated heterocycles. The van der Waals surface area contributed by atoms with Gasteiger partial charge in [-0.25, -0.2) is 4.98 Å². The molecule has 0 N–H and O–H groups in total. The average molecular weight is 283 g/mol. The molecule has 1 nitrogen and oxygen atoms in total. The number of aromatic nitrogens is 1. The summed E-state index contributed by atoms with van der Waals surface area (Å²) in [5.74, 6) is 0. The van der Waals surface area contributed by atoms with Crippen molar-refractivity contribution in [1.29, 1.82) is 0 Å². The molecule has 2 aromatic carbocycles. The Morgan fingerprint density at radius 3 is 1.65 bits per heavy atom. The van der Waals surface area contributed by atoms with Gasteiger partial charge in [-0.15, -0.1) is 0 Å². The highest BCUT2D eigenvalue weighted by atomic mass is 35.5. The molecule has 1 aromatic heterocycles. The van der Waals surface area contributed by atoms with E-state index < -0.39 is 0 Å². The molecule has 0 aliphatic heterocycles. The van der Waals surface area contributed by atoms with Crippen molar-refractivity contribution < 1.29 is 0 Å². The molecule has 17 heavy (non-hydrogen) atoms. The van der Waals surface area contributed by atoms with Crippen LogP contribution >= 0.6 is 34.8 Å². The number of rotatable bonds is 0. The van der Waals surface area contributed by atoms with Gasteiger partial charge in [0.15, 0.2) is 0 Å². The third-order valence-corrected chi connectivity index (χ3v) is 3.51. The van der Waals surface area contributed by atoms with Crippen LogP contribution in [-0.2, 0) is 0 Å². The van der Waals surface area contributed by atoms with Gasteiger partial charge in [-0.1, -0.05) is 34.8 Å². The summed E-state index contributed by atoms with van der Waals surface area (Å²) in [5, 5.41) is 3.60. The summed E-state index contributed by atoms with van der Waals surface area (Å²) < 4.78 is 0. The SMILES string of the molecule is Clc1ccc2nc3ccc(Cl)cc3c(Cl)c2c1. The van der Waals surface area contributed by atoms with Gasteiger partial charge in [0.05, 0.1) is 16.1 Å². The molecule has 0 radical (unpaired) electrons. The van der Waals surface area contributed by atoms with Crippen molar-refractivity contribution in [2.45, 2.75) is 0 Å². The van der Waals surface area contributed by atoms with Crippen LogP contribution < -0.4 is 0 Å². The molecule has 0 saturated carbocycles. The normalized spacial score (nSPS) is 11.2. The van der Waals surface area contributed by atoms with E-state index in [2.05, 4.69) is 4.98 Å². The second-order valence-electron chi connectivity index (χ2n) is 3.75. The van der Waals surface area contributed by atoms with Crippen molar-refractivity contribution >= 4 is 56.6 Å².